The van der Waals surface area contributed by atoms with Crippen LogP contribution in [-0.4, -0.2) is 35.6 Å². The summed E-state index contributed by atoms with van der Waals surface area (Å²) in [6.45, 7) is 9.87. The number of nitrogens with zero attached hydrogens (tertiary/aromatic N) is 2. The molecule has 6 heteroatoms. The summed E-state index contributed by atoms with van der Waals surface area (Å²) in [6.07, 6.45) is 2.50. The van der Waals surface area contributed by atoms with Gasteiger partial charge in [0.25, 0.3) is 5.91 Å². The van der Waals surface area contributed by atoms with E-state index in [9.17, 15) is 4.79 Å². The van der Waals surface area contributed by atoms with Crippen molar-refractivity contribution in [2.24, 2.45) is 5.92 Å². The van der Waals surface area contributed by atoms with Crippen molar-refractivity contribution in [2.75, 3.05) is 25.5 Å². The molecular formula is C15H26N4O2. The monoisotopic (exact) mass is 294 g/mol. The largest absolute Gasteiger partial charge is 0.396 e. The fraction of sp³-hybridized carbons (Fsp3) is 0.667. The van der Waals surface area contributed by atoms with E-state index in [-0.39, 0.29) is 23.2 Å². The Morgan fingerprint density at radius 1 is 1.33 bits per heavy atom. The van der Waals surface area contributed by atoms with Crippen LogP contribution in [0.4, 0.5) is 5.69 Å². The third kappa shape index (κ3) is 6.08. The molecule has 3 N–H and O–H groups in total. The predicted octanol–water partition coefficient (Wildman–Crippen LogP) is 1.97. The van der Waals surface area contributed by atoms with Crippen molar-refractivity contribution in [3.63, 3.8) is 0 Å². The van der Waals surface area contributed by atoms with Gasteiger partial charge in [-0.05, 0) is 12.3 Å². The number of anilines is 1. The molecule has 0 saturated heterocycles. The van der Waals surface area contributed by atoms with E-state index in [0.717, 1.165) is 6.42 Å². The Balaban J connectivity index is 2.43. The van der Waals surface area contributed by atoms with Gasteiger partial charge in [0.2, 0.25) is 0 Å². The van der Waals surface area contributed by atoms with E-state index < -0.39 is 0 Å². The zero-order valence-electron chi connectivity index (χ0n) is 13.3. The Bertz CT molecular complexity index is 461. The van der Waals surface area contributed by atoms with E-state index >= 15 is 0 Å². The van der Waals surface area contributed by atoms with Crippen molar-refractivity contribution in [1.82, 2.24) is 15.3 Å². The van der Waals surface area contributed by atoms with E-state index in [2.05, 4.69) is 29.1 Å². The summed E-state index contributed by atoms with van der Waals surface area (Å²) in [5.41, 5.74) is 6.28. The van der Waals surface area contributed by atoms with Crippen LogP contribution in [0, 0.1) is 5.92 Å². The highest BCUT2D eigenvalue weighted by molar-refractivity contribution is 5.96. The maximum absolute atomic E-state index is 12.0. The lowest BCUT2D eigenvalue weighted by atomic mass is 10.1. The smallest absolute Gasteiger partial charge is 0.272 e. The zero-order chi connectivity index (χ0) is 15.8. The topological polar surface area (TPSA) is 90.1 Å². The molecule has 1 amide bonds. The highest BCUT2D eigenvalue weighted by atomic mass is 16.5. The number of carbonyl (C=O) groups excluding carboxylic acids is 1. The Morgan fingerprint density at radius 3 is 2.67 bits per heavy atom. The number of rotatable bonds is 8. The van der Waals surface area contributed by atoms with E-state index in [4.69, 9.17) is 10.5 Å². The summed E-state index contributed by atoms with van der Waals surface area (Å²) in [5.74, 6) is 1.10. The Morgan fingerprint density at radius 2 is 2.05 bits per heavy atom. The van der Waals surface area contributed by atoms with E-state index in [1.807, 2.05) is 13.8 Å². The molecule has 0 unspecified atom stereocenters. The van der Waals surface area contributed by atoms with Crippen molar-refractivity contribution < 1.29 is 9.53 Å². The first kappa shape index (κ1) is 17.4. The van der Waals surface area contributed by atoms with Crippen LogP contribution in [-0.2, 0) is 4.74 Å². The highest BCUT2D eigenvalue weighted by Gasteiger charge is 2.14. The van der Waals surface area contributed by atoms with Crippen LogP contribution in [0.3, 0.4) is 0 Å². The summed E-state index contributed by atoms with van der Waals surface area (Å²) >= 11 is 0. The van der Waals surface area contributed by atoms with Crippen molar-refractivity contribution in [2.45, 2.75) is 40.0 Å². The van der Waals surface area contributed by atoms with E-state index in [1.54, 1.807) is 0 Å². The second-order valence-electron chi connectivity index (χ2n) is 5.74. The average molecular weight is 294 g/mol. The molecule has 1 rings (SSSR count). The molecule has 1 heterocycles. The molecule has 0 bridgehead atoms. The Hall–Kier alpha value is -1.69. The van der Waals surface area contributed by atoms with Gasteiger partial charge in [0.1, 0.15) is 5.82 Å². The average Bonchev–Trinajstić information content (AvgIpc) is 2.42. The van der Waals surface area contributed by atoms with Gasteiger partial charge < -0.3 is 15.8 Å². The first-order valence-electron chi connectivity index (χ1n) is 7.40. The fourth-order valence-electron chi connectivity index (χ4n) is 1.61. The molecule has 0 atom stereocenters. The predicted molar refractivity (Wildman–Crippen MR) is 83.1 cm³/mol. The molecule has 0 radical (unpaired) electrons. The second-order valence-corrected chi connectivity index (χ2v) is 5.74. The van der Waals surface area contributed by atoms with Gasteiger partial charge in [-0.25, -0.2) is 9.97 Å². The Kier molecular flexibility index (Phi) is 7.08. The molecule has 0 aromatic carbocycles. The van der Waals surface area contributed by atoms with Gasteiger partial charge in [0.05, 0.1) is 18.5 Å². The number of nitrogens with two attached hydrogens (primary N) is 1. The minimum atomic E-state index is -0.288. The quantitative estimate of drug-likeness (QED) is 0.715. The molecular weight excluding hydrogens is 268 g/mol. The third-order valence-corrected chi connectivity index (χ3v) is 2.94. The molecule has 21 heavy (non-hydrogen) atoms. The lowest BCUT2D eigenvalue weighted by Gasteiger charge is -2.10. The molecule has 0 aliphatic rings. The fourth-order valence-corrected chi connectivity index (χ4v) is 1.61. The zero-order valence-corrected chi connectivity index (χ0v) is 13.3. The molecule has 1 aromatic rings. The van der Waals surface area contributed by atoms with E-state index in [1.165, 1.54) is 6.20 Å². The van der Waals surface area contributed by atoms with Crippen LogP contribution < -0.4 is 11.1 Å². The first-order valence-corrected chi connectivity index (χ1v) is 7.40. The SMILES string of the molecule is CC(C)CCOCCNC(=O)c1nc(C(C)C)ncc1N. The minimum Gasteiger partial charge on any atom is -0.396 e. The van der Waals surface area contributed by atoms with Crippen LogP contribution in [0.25, 0.3) is 0 Å². The molecule has 118 valence electrons. The summed E-state index contributed by atoms with van der Waals surface area (Å²) in [5, 5.41) is 2.76. The maximum atomic E-state index is 12.0. The van der Waals surface area contributed by atoms with Crippen molar-refractivity contribution in [3.8, 4) is 0 Å². The number of amides is 1. The number of aromatic nitrogens is 2. The van der Waals surface area contributed by atoms with Crippen LogP contribution >= 0.6 is 0 Å². The maximum Gasteiger partial charge on any atom is 0.272 e. The van der Waals surface area contributed by atoms with Gasteiger partial charge in [-0.1, -0.05) is 27.7 Å². The molecule has 0 saturated carbocycles. The van der Waals surface area contributed by atoms with Crippen LogP contribution in [0.5, 0.6) is 0 Å². The van der Waals surface area contributed by atoms with Gasteiger partial charge in [-0.2, -0.15) is 0 Å². The number of nitrogen functional groups attached to an aromatic ring is 1. The second kappa shape index (κ2) is 8.56. The third-order valence-electron chi connectivity index (χ3n) is 2.94. The first-order chi connectivity index (χ1) is 9.91. The standard InChI is InChI=1S/C15H26N4O2/c1-10(2)5-7-21-8-6-17-15(20)13-12(16)9-18-14(19-13)11(3)4/h9-11H,5-8,16H2,1-4H3,(H,17,20). The van der Waals surface area contributed by atoms with Crippen LogP contribution in [0.2, 0.25) is 0 Å². The Labute approximate surface area is 126 Å². The summed E-state index contributed by atoms with van der Waals surface area (Å²) in [7, 11) is 0. The minimum absolute atomic E-state index is 0.150. The van der Waals surface area contributed by atoms with Crippen molar-refractivity contribution >= 4 is 11.6 Å². The molecule has 0 aliphatic heterocycles. The molecule has 0 aliphatic carbocycles. The lowest BCUT2D eigenvalue weighted by molar-refractivity contribution is 0.0901. The molecule has 0 spiro atoms. The number of carbonyl (C=O) groups is 1. The van der Waals surface area contributed by atoms with Crippen LogP contribution in [0.1, 0.15) is 56.3 Å². The number of hydrogen-bond donors (Lipinski definition) is 2. The summed E-state index contributed by atoms with van der Waals surface area (Å²) < 4.78 is 5.44. The van der Waals surface area contributed by atoms with Crippen molar-refractivity contribution in [3.05, 3.63) is 17.7 Å². The summed E-state index contributed by atoms with van der Waals surface area (Å²) in [4.78, 5) is 20.4. The van der Waals surface area contributed by atoms with Gasteiger partial charge in [-0.15, -0.1) is 0 Å². The van der Waals surface area contributed by atoms with E-state index in [0.29, 0.717) is 31.5 Å². The molecule has 6 nitrogen and oxygen atoms in total. The number of nitrogens with one attached hydrogen (secondary N) is 1. The van der Waals surface area contributed by atoms with Crippen LogP contribution in [0.15, 0.2) is 6.20 Å². The molecule has 0 fully saturated rings. The normalized spacial score (nSPS) is 11.1. The van der Waals surface area contributed by atoms with Gasteiger partial charge in [0, 0.05) is 19.1 Å². The molecule has 1 aromatic heterocycles. The van der Waals surface area contributed by atoms with Gasteiger partial charge >= 0.3 is 0 Å². The lowest BCUT2D eigenvalue weighted by Crippen LogP contribution is -2.29. The highest BCUT2D eigenvalue weighted by Crippen LogP contribution is 2.13. The number of hydrogen-bond acceptors (Lipinski definition) is 5. The summed E-state index contributed by atoms with van der Waals surface area (Å²) in [6, 6.07) is 0. The van der Waals surface area contributed by atoms with Gasteiger partial charge in [0.15, 0.2) is 5.69 Å². The number of ether oxygens (including phenoxy) is 1. The van der Waals surface area contributed by atoms with Crippen molar-refractivity contribution in [1.29, 1.82) is 0 Å². The van der Waals surface area contributed by atoms with Gasteiger partial charge in [-0.3, -0.25) is 4.79 Å².